The molecule has 0 spiro atoms. The van der Waals surface area contributed by atoms with Gasteiger partial charge in [-0.25, -0.2) is 8.78 Å². The van der Waals surface area contributed by atoms with E-state index >= 15 is 0 Å². The van der Waals surface area contributed by atoms with Crippen molar-refractivity contribution in [3.8, 4) is 5.75 Å². The quantitative estimate of drug-likeness (QED) is 0.558. The number of halogens is 2. The van der Waals surface area contributed by atoms with E-state index in [0.29, 0.717) is 19.2 Å². The Hall–Kier alpha value is -3.94. The number of para-hydroxylation sites is 1. The maximum absolute atomic E-state index is 13.3. The van der Waals surface area contributed by atoms with Gasteiger partial charge in [0.25, 0.3) is 11.8 Å². The third-order valence-electron chi connectivity index (χ3n) is 5.23. The van der Waals surface area contributed by atoms with Crippen LogP contribution in [0.2, 0.25) is 0 Å². The Balaban J connectivity index is 1.40. The Bertz CT molecular complexity index is 1130. The summed E-state index contributed by atoms with van der Waals surface area (Å²) in [7, 11) is 0. The lowest BCUT2D eigenvalue weighted by Gasteiger charge is -2.18. The van der Waals surface area contributed by atoms with Crippen LogP contribution >= 0.6 is 0 Å². The molecule has 3 aromatic carbocycles. The predicted molar refractivity (Wildman–Crippen MR) is 117 cm³/mol. The molecule has 1 unspecified atom stereocenters. The minimum Gasteiger partial charge on any atom is -0.507 e. The fourth-order valence-corrected chi connectivity index (χ4v) is 3.68. The minimum absolute atomic E-state index is 0.105. The van der Waals surface area contributed by atoms with Crippen LogP contribution in [0.3, 0.4) is 0 Å². The van der Waals surface area contributed by atoms with Gasteiger partial charge < -0.3 is 20.6 Å². The number of anilines is 2. The Labute approximate surface area is 183 Å². The van der Waals surface area contributed by atoms with Gasteiger partial charge in [0.1, 0.15) is 17.4 Å². The first-order valence-corrected chi connectivity index (χ1v) is 10.1. The summed E-state index contributed by atoms with van der Waals surface area (Å²) in [4.78, 5) is 26.8. The average molecular weight is 437 g/mol. The number of hydrogen-bond donors (Lipinski definition) is 3. The van der Waals surface area contributed by atoms with E-state index in [1.165, 1.54) is 18.2 Å². The molecule has 0 saturated carbocycles. The van der Waals surface area contributed by atoms with Crippen LogP contribution in [0.5, 0.6) is 5.75 Å². The second kappa shape index (κ2) is 9.05. The second-order valence-electron chi connectivity index (χ2n) is 7.59. The zero-order valence-electron chi connectivity index (χ0n) is 17.0. The maximum atomic E-state index is 13.3. The normalized spacial score (nSPS) is 15.4. The number of aromatic hydroxyl groups is 1. The van der Waals surface area contributed by atoms with Gasteiger partial charge in [0.05, 0.1) is 5.56 Å². The predicted octanol–water partition coefficient (Wildman–Crippen LogP) is 4.25. The van der Waals surface area contributed by atoms with Gasteiger partial charge in [-0.05, 0) is 42.8 Å². The van der Waals surface area contributed by atoms with Crippen LogP contribution in [-0.4, -0.2) is 41.0 Å². The lowest BCUT2D eigenvalue weighted by atomic mass is 10.1. The SMILES string of the molecule is O=C(Nc1ccc(C(=O)N2CCC(Nc3ccccc3)C2)c(O)c1)c1cc(F)cc(F)c1. The number of amides is 2. The zero-order chi connectivity index (χ0) is 22.7. The van der Waals surface area contributed by atoms with E-state index in [9.17, 15) is 23.5 Å². The molecular formula is C24H21F2N3O3. The summed E-state index contributed by atoms with van der Waals surface area (Å²) >= 11 is 0. The minimum atomic E-state index is -0.871. The van der Waals surface area contributed by atoms with Crippen molar-refractivity contribution in [1.82, 2.24) is 4.90 Å². The number of benzene rings is 3. The molecule has 3 aromatic rings. The topological polar surface area (TPSA) is 81.7 Å². The number of nitrogens with one attached hydrogen (secondary N) is 2. The number of likely N-dealkylation sites (tertiary alicyclic amines) is 1. The lowest BCUT2D eigenvalue weighted by molar-refractivity contribution is 0.0788. The first kappa shape index (κ1) is 21.3. The summed E-state index contributed by atoms with van der Waals surface area (Å²) in [5, 5.41) is 16.2. The molecule has 0 radical (unpaired) electrons. The van der Waals surface area contributed by atoms with Gasteiger partial charge in [0.2, 0.25) is 0 Å². The van der Waals surface area contributed by atoms with Crippen molar-refractivity contribution in [1.29, 1.82) is 0 Å². The first-order chi connectivity index (χ1) is 15.4. The molecule has 0 aliphatic carbocycles. The molecule has 1 saturated heterocycles. The van der Waals surface area contributed by atoms with Crippen LogP contribution in [-0.2, 0) is 0 Å². The summed E-state index contributed by atoms with van der Waals surface area (Å²) in [5.74, 6) is -3.09. The summed E-state index contributed by atoms with van der Waals surface area (Å²) in [6.07, 6.45) is 0.778. The molecule has 4 rings (SSSR count). The monoisotopic (exact) mass is 437 g/mol. The maximum Gasteiger partial charge on any atom is 0.257 e. The van der Waals surface area contributed by atoms with E-state index in [1.807, 2.05) is 30.3 Å². The van der Waals surface area contributed by atoms with Crippen molar-refractivity contribution >= 4 is 23.2 Å². The van der Waals surface area contributed by atoms with Crippen molar-refractivity contribution in [2.45, 2.75) is 12.5 Å². The first-order valence-electron chi connectivity index (χ1n) is 10.1. The number of hydrogen-bond acceptors (Lipinski definition) is 4. The third-order valence-corrected chi connectivity index (χ3v) is 5.23. The highest BCUT2D eigenvalue weighted by molar-refractivity contribution is 6.05. The molecule has 32 heavy (non-hydrogen) atoms. The molecule has 1 aliphatic rings. The van der Waals surface area contributed by atoms with Crippen LogP contribution in [0.4, 0.5) is 20.2 Å². The van der Waals surface area contributed by atoms with E-state index in [4.69, 9.17) is 0 Å². The van der Waals surface area contributed by atoms with Crippen molar-refractivity contribution in [2.75, 3.05) is 23.7 Å². The molecule has 1 fully saturated rings. The van der Waals surface area contributed by atoms with Crippen molar-refractivity contribution < 1.29 is 23.5 Å². The largest absolute Gasteiger partial charge is 0.507 e. The molecule has 0 aromatic heterocycles. The van der Waals surface area contributed by atoms with E-state index in [1.54, 1.807) is 4.90 Å². The highest BCUT2D eigenvalue weighted by atomic mass is 19.1. The highest BCUT2D eigenvalue weighted by Crippen LogP contribution is 2.26. The molecule has 8 heteroatoms. The Morgan fingerprint density at radius 2 is 1.66 bits per heavy atom. The Morgan fingerprint density at radius 1 is 0.938 bits per heavy atom. The smallest absolute Gasteiger partial charge is 0.257 e. The molecule has 1 aliphatic heterocycles. The van der Waals surface area contributed by atoms with Crippen LogP contribution in [0.25, 0.3) is 0 Å². The molecule has 2 amide bonds. The van der Waals surface area contributed by atoms with Crippen molar-refractivity contribution in [3.63, 3.8) is 0 Å². The van der Waals surface area contributed by atoms with Crippen LogP contribution in [0.15, 0.2) is 66.7 Å². The summed E-state index contributed by atoms with van der Waals surface area (Å²) < 4.78 is 26.6. The molecule has 3 N–H and O–H groups in total. The summed E-state index contributed by atoms with van der Waals surface area (Å²) in [6, 6.07) is 16.4. The van der Waals surface area contributed by atoms with E-state index in [-0.39, 0.29) is 34.5 Å². The van der Waals surface area contributed by atoms with Crippen LogP contribution in [0.1, 0.15) is 27.1 Å². The number of carbonyl (C=O) groups excluding carboxylic acids is 2. The van der Waals surface area contributed by atoms with E-state index < -0.39 is 17.5 Å². The van der Waals surface area contributed by atoms with Gasteiger partial charge in [-0.3, -0.25) is 9.59 Å². The number of rotatable bonds is 5. The molecule has 1 heterocycles. The van der Waals surface area contributed by atoms with Gasteiger partial charge in [-0.1, -0.05) is 18.2 Å². The van der Waals surface area contributed by atoms with Gasteiger partial charge in [0, 0.05) is 48.2 Å². The molecular weight excluding hydrogens is 416 g/mol. The van der Waals surface area contributed by atoms with Crippen LogP contribution < -0.4 is 10.6 Å². The molecule has 0 bridgehead atoms. The van der Waals surface area contributed by atoms with E-state index in [2.05, 4.69) is 10.6 Å². The number of phenolic OH excluding ortho intramolecular Hbond substituents is 1. The second-order valence-corrected chi connectivity index (χ2v) is 7.59. The van der Waals surface area contributed by atoms with Gasteiger partial charge >= 0.3 is 0 Å². The molecule has 1 atom stereocenters. The van der Waals surface area contributed by atoms with Gasteiger partial charge in [0.15, 0.2) is 0 Å². The molecule has 6 nitrogen and oxygen atoms in total. The lowest BCUT2D eigenvalue weighted by Crippen LogP contribution is -2.31. The van der Waals surface area contributed by atoms with Crippen LogP contribution in [0, 0.1) is 11.6 Å². The van der Waals surface area contributed by atoms with E-state index in [0.717, 1.165) is 24.2 Å². The third kappa shape index (κ3) is 4.85. The Kier molecular flexibility index (Phi) is 6.02. The number of phenols is 1. The zero-order valence-corrected chi connectivity index (χ0v) is 17.0. The van der Waals surface area contributed by atoms with Gasteiger partial charge in [-0.15, -0.1) is 0 Å². The molecule has 164 valence electrons. The van der Waals surface area contributed by atoms with Crippen molar-refractivity contribution in [2.24, 2.45) is 0 Å². The Morgan fingerprint density at radius 3 is 2.34 bits per heavy atom. The summed E-state index contributed by atoms with van der Waals surface area (Å²) in [5.41, 5.74) is 1.09. The summed E-state index contributed by atoms with van der Waals surface area (Å²) in [6.45, 7) is 1.04. The number of carbonyl (C=O) groups is 2. The average Bonchev–Trinajstić information content (AvgIpc) is 3.22. The van der Waals surface area contributed by atoms with Gasteiger partial charge in [-0.2, -0.15) is 0 Å². The highest BCUT2D eigenvalue weighted by Gasteiger charge is 2.28. The van der Waals surface area contributed by atoms with Crippen molar-refractivity contribution in [3.05, 3.63) is 89.5 Å². The fourth-order valence-electron chi connectivity index (χ4n) is 3.68. The fraction of sp³-hybridized carbons (Fsp3) is 0.167. The standard InChI is InChI=1S/C24H21F2N3O3/c25-16-10-15(11-17(26)12-16)23(31)28-19-6-7-21(22(30)13-19)24(32)29-9-8-20(14-29)27-18-4-2-1-3-5-18/h1-7,10-13,20,27,30H,8-9,14H2,(H,28,31). The number of nitrogens with zero attached hydrogens (tertiary/aromatic N) is 1.